The van der Waals surface area contributed by atoms with E-state index >= 15 is 0 Å². The Morgan fingerprint density at radius 2 is 2.27 bits per heavy atom. The number of hydrogen-bond acceptors (Lipinski definition) is 2. The minimum atomic E-state index is -0.289. The fourth-order valence-electron chi connectivity index (χ4n) is 1.81. The van der Waals surface area contributed by atoms with E-state index in [0.29, 0.717) is 17.9 Å². The fraction of sp³-hybridized carbons (Fsp3) is 0.455. The highest BCUT2D eigenvalue weighted by Crippen LogP contribution is 2.28. The highest BCUT2D eigenvalue weighted by molar-refractivity contribution is 7.99. The molecule has 1 aromatic rings. The first kappa shape index (κ1) is 11.2. The summed E-state index contributed by atoms with van der Waals surface area (Å²) < 4.78 is 13.6. The first-order valence-electron chi connectivity index (χ1n) is 4.94. The summed E-state index contributed by atoms with van der Waals surface area (Å²) in [5.74, 6) is 2.09. The zero-order valence-electron chi connectivity index (χ0n) is 8.25. The number of rotatable bonds is 2. The fourth-order valence-corrected chi connectivity index (χ4v) is 3.36. The largest absolute Gasteiger partial charge is 0.327 e. The Bertz CT molecular complexity index is 358. The molecule has 82 valence electrons. The van der Waals surface area contributed by atoms with Crippen LogP contribution in [0.15, 0.2) is 18.2 Å². The van der Waals surface area contributed by atoms with Crippen LogP contribution in [-0.2, 0) is 6.42 Å². The van der Waals surface area contributed by atoms with Crippen LogP contribution in [0.5, 0.6) is 0 Å². The van der Waals surface area contributed by atoms with Crippen molar-refractivity contribution < 1.29 is 4.39 Å². The topological polar surface area (TPSA) is 26.0 Å². The molecule has 1 heterocycles. The van der Waals surface area contributed by atoms with Gasteiger partial charge in [-0.25, -0.2) is 4.39 Å². The highest BCUT2D eigenvalue weighted by Gasteiger charge is 2.25. The molecule has 2 N–H and O–H groups in total. The Kier molecular flexibility index (Phi) is 3.54. The van der Waals surface area contributed by atoms with Crippen molar-refractivity contribution in [2.75, 3.05) is 11.5 Å². The summed E-state index contributed by atoms with van der Waals surface area (Å²) in [4.78, 5) is 0. The van der Waals surface area contributed by atoms with Gasteiger partial charge in [-0.3, -0.25) is 0 Å². The summed E-state index contributed by atoms with van der Waals surface area (Å²) in [6, 6.07) is 5.34. The van der Waals surface area contributed by atoms with Crippen LogP contribution in [0.4, 0.5) is 4.39 Å². The molecule has 0 aliphatic carbocycles. The van der Waals surface area contributed by atoms with Crippen molar-refractivity contribution >= 4 is 23.4 Å². The van der Waals surface area contributed by atoms with Gasteiger partial charge in [-0.15, -0.1) is 0 Å². The zero-order valence-corrected chi connectivity index (χ0v) is 9.82. The molecule has 2 unspecified atom stereocenters. The van der Waals surface area contributed by atoms with Crippen LogP contribution < -0.4 is 5.73 Å². The van der Waals surface area contributed by atoms with Crippen LogP contribution in [0.1, 0.15) is 5.56 Å². The van der Waals surface area contributed by atoms with Crippen LogP contribution in [-0.4, -0.2) is 17.5 Å². The predicted octanol–water partition coefficient (Wildman–Crippen LogP) is 2.71. The Hall–Kier alpha value is -0.250. The molecule has 0 saturated carbocycles. The van der Waals surface area contributed by atoms with Crippen LogP contribution in [0, 0.1) is 11.7 Å². The minimum Gasteiger partial charge on any atom is -0.327 e. The van der Waals surface area contributed by atoms with Crippen LogP contribution in [0.25, 0.3) is 0 Å². The molecular weight excluding hydrogens is 233 g/mol. The smallest absolute Gasteiger partial charge is 0.144 e. The molecule has 1 saturated heterocycles. The number of hydrogen-bond donors (Lipinski definition) is 1. The van der Waals surface area contributed by atoms with E-state index in [2.05, 4.69) is 0 Å². The monoisotopic (exact) mass is 245 g/mol. The molecule has 1 aliphatic rings. The van der Waals surface area contributed by atoms with Crippen molar-refractivity contribution in [3.8, 4) is 0 Å². The predicted molar refractivity (Wildman–Crippen MR) is 63.9 cm³/mol. The lowest BCUT2D eigenvalue weighted by atomic mass is 9.95. The summed E-state index contributed by atoms with van der Waals surface area (Å²) in [5, 5.41) is 0.201. The molecule has 1 nitrogen and oxygen atoms in total. The molecule has 15 heavy (non-hydrogen) atoms. The van der Waals surface area contributed by atoms with Crippen molar-refractivity contribution in [1.82, 2.24) is 0 Å². The lowest BCUT2D eigenvalue weighted by Crippen LogP contribution is -2.29. The normalized spacial score (nSPS) is 25.8. The molecule has 2 rings (SSSR count). The van der Waals surface area contributed by atoms with Crippen LogP contribution in [0.2, 0.25) is 5.02 Å². The Labute approximate surface area is 98.2 Å². The van der Waals surface area contributed by atoms with Gasteiger partial charge in [0.15, 0.2) is 0 Å². The second-order valence-corrected chi connectivity index (χ2v) is 5.36. The number of thioether (sulfide) groups is 1. The van der Waals surface area contributed by atoms with Gasteiger partial charge in [-0.1, -0.05) is 23.7 Å². The van der Waals surface area contributed by atoms with E-state index in [0.717, 1.165) is 11.5 Å². The third-order valence-electron chi connectivity index (χ3n) is 2.76. The maximum atomic E-state index is 13.6. The van der Waals surface area contributed by atoms with Gasteiger partial charge in [0.05, 0.1) is 5.02 Å². The first-order chi connectivity index (χ1) is 7.18. The molecule has 0 aromatic heterocycles. The van der Waals surface area contributed by atoms with Gasteiger partial charge in [0.2, 0.25) is 0 Å². The Morgan fingerprint density at radius 3 is 2.93 bits per heavy atom. The Morgan fingerprint density at radius 1 is 1.47 bits per heavy atom. The van der Waals surface area contributed by atoms with Gasteiger partial charge in [0, 0.05) is 11.8 Å². The Balaban J connectivity index is 2.13. The summed E-state index contributed by atoms with van der Waals surface area (Å²) in [6.45, 7) is 0. The molecule has 0 radical (unpaired) electrons. The van der Waals surface area contributed by atoms with Crippen LogP contribution >= 0.6 is 23.4 Å². The standard InChI is InChI=1S/C11H13ClFNS/c12-9-3-1-2-7(11(9)13)4-8-5-15-6-10(8)14/h1-3,8,10H,4-6,14H2. The highest BCUT2D eigenvalue weighted by atomic mass is 35.5. The first-order valence-corrected chi connectivity index (χ1v) is 6.48. The van der Waals surface area contributed by atoms with Gasteiger partial charge in [-0.2, -0.15) is 11.8 Å². The summed E-state index contributed by atoms with van der Waals surface area (Å²) >= 11 is 7.56. The number of halogens is 2. The summed E-state index contributed by atoms with van der Waals surface area (Å²) in [5.41, 5.74) is 6.62. The van der Waals surface area contributed by atoms with E-state index in [1.54, 1.807) is 18.2 Å². The maximum Gasteiger partial charge on any atom is 0.144 e. The van der Waals surface area contributed by atoms with Gasteiger partial charge >= 0.3 is 0 Å². The molecule has 1 aliphatic heterocycles. The van der Waals surface area contributed by atoms with E-state index in [9.17, 15) is 4.39 Å². The second-order valence-electron chi connectivity index (χ2n) is 3.88. The van der Waals surface area contributed by atoms with E-state index in [-0.39, 0.29) is 16.9 Å². The lowest BCUT2D eigenvalue weighted by Gasteiger charge is -2.14. The maximum absolute atomic E-state index is 13.6. The quantitative estimate of drug-likeness (QED) is 0.867. The average Bonchev–Trinajstić information content (AvgIpc) is 2.60. The third-order valence-corrected chi connectivity index (χ3v) is 4.34. The van der Waals surface area contributed by atoms with E-state index < -0.39 is 0 Å². The molecule has 0 bridgehead atoms. The molecule has 2 atom stereocenters. The zero-order chi connectivity index (χ0) is 10.8. The van der Waals surface area contributed by atoms with Crippen molar-refractivity contribution in [3.05, 3.63) is 34.6 Å². The van der Waals surface area contributed by atoms with Gasteiger partial charge in [-0.05, 0) is 29.7 Å². The van der Waals surface area contributed by atoms with Crippen LogP contribution in [0.3, 0.4) is 0 Å². The molecule has 0 amide bonds. The van der Waals surface area contributed by atoms with Crippen molar-refractivity contribution in [2.24, 2.45) is 11.7 Å². The number of nitrogens with two attached hydrogens (primary N) is 1. The molecule has 1 fully saturated rings. The van der Waals surface area contributed by atoms with Crippen molar-refractivity contribution in [2.45, 2.75) is 12.5 Å². The SMILES string of the molecule is NC1CSCC1Cc1cccc(Cl)c1F. The second kappa shape index (κ2) is 4.73. The van der Waals surface area contributed by atoms with Gasteiger partial charge < -0.3 is 5.73 Å². The van der Waals surface area contributed by atoms with Crippen molar-refractivity contribution in [3.63, 3.8) is 0 Å². The summed E-state index contributed by atoms with van der Waals surface area (Å²) in [6.07, 6.45) is 0.695. The lowest BCUT2D eigenvalue weighted by molar-refractivity contribution is 0.498. The molecule has 0 spiro atoms. The average molecular weight is 246 g/mol. The van der Waals surface area contributed by atoms with E-state index in [1.165, 1.54) is 0 Å². The summed E-state index contributed by atoms with van der Waals surface area (Å²) in [7, 11) is 0. The van der Waals surface area contributed by atoms with Gasteiger partial charge in [0.1, 0.15) is 5.82 Å². The number of benzene rings is 1. The van der Waals surface area contributed by atoms with E-state index in [4.69, 9.17) is 17.3 Å². The molecule has 4 heteroatoms. The van der Waals surface area contributed by atoms with Gasteiger partial charge in [0.25, 0.3) is 0 Å². The third kappa shape index (κ3) is 2.47. The molecular formula is C11H13ClFNS. The van der Waals surface area contributed by atoms with E-state index in [1.807, 2.05) is 11.8 Å². The molecule has 1 aromatic carbocycles. The van der Waals surface area contributed by atoms with Crippen molar-refractivity contribution in [1.29, 1.82) is 0 Å². The minimum absolute atomic E-state index is 0.188.